The Bertz CT molecular complexity index is 5240. The number of morpholine rings is 4. The van der Waals surface area contributed by atoms with Gasteiger partial charge in [-0.05, 0) is 111 Å². The maximum atomic E-state index is 13.1. The summed E-state index contributed by atoms with van der Waals surface area (Å²) in [5.74, 6) is 2.99. The van der Waals surface area contributed by atoms with E-state index in [1.807, 2.05) is 76.7 Å². The number of rotatable bonds is 21. The second-order valence-corrected chi connectivity index (χ2v) is 32.4. The minimum absolute atomic E-state index is 0.0971. The van der Waals surface area contributed by atoms with Crippen LogP contribution in [0.15, 0.2) is 99.9 Å². The molecular formula is C73H100ClN22O17P. The molecule has 0 amide bonds. The lowest BCUT2D eigenvalue weighted by Gasteiger charge is -2.38. The van der Waals surface area contributed by atoms with Gasteiger partial charge in [-0.2, -0.15) is 9.97 Å². The highest BCUT2D eigenvalue weighted by molar-refractivity contribution is 7.44. The highest BCUT2D eigenvalue weighted by Crippen LogP contribution is 2.58. The lowest BCUT2D eigenvalue weighted by molar-refractivity contribution is -0.112. The van der Waals surface area contributed by atoms with Gasteiger partial charge in [0, 0.05) is 112 Å². The van der Waals surface area contributed by atoms with Crippen LogP contribution in [0.2, 0.25) is 5.28 Å². The van der Waals surface area contributed by atoms with Crippen molar-refractivity contribution in [2.45, 2.75) is 217 Å². The van der Waals surface area contributed by atoms with Crippen molar-refractivity contribution >= 4 is 49.5 Å². The van der Waals surface area contributed by atoms with Gasteiger partial charge in [-0.1, -0.05) is 27.7 Å². The van der Waals surface area contributed by atoms with Gasteiger partial charge >= 0.3 is 22.8 Å². The number of aromatic nitrogens is 14. The molecule has 0 radical (unpaired) electrons. The first-order valence-electron chi connectivity index (χ1n) is 37.8. The number of hydrogen-bond acceptors (Lipinski definition) is 30. The molecule has 616 valence electrons. The molecule has 0 aromatic carbocycles. The Morgan fingerprint density at radius 3 is 1.27 bits per heavy atom. The van der Waals surface area contributed by atoms with E-state index in [1.165, 1.54) is 43.1 Å². The van der Waals surface area contributed by atoms with Crippen LogP contribution >= 0.6 is 20.1 Å². The zero-order valence-electron chi connectivity index (χ0n) is 66.4. The molecule has 7 aromatic rings. The predicted octanol–water partition coefficient (Wildman–Crippen LogP) is 1.63. The summed E-state index contributed by atoms with van der Waals surface area (Å²) in [4.78, 5) is 145. The third kappa shape index (κ3) is 15.4. The van der Waals surface area contributed by atoms with Gasteiger partial charge in [-0.25, -0.2) is 50.4 Å². The quantitative estimate of drug-likeness (QED) is 0.0219. The van der Waals surface area contributed by atoms with E-state index in [-0.39, 0.29) is 36.6 Å². The number of H-pyrrole nitrogens is 4. The summed E-state index contributed by atoms with van der Waals surface area (Å²) in [6.45, 7) is 32.3. The zero-order valence-corrected chi connectivity index (χ0v) is 68.1. The van der Waals surface area contributed by atoms with Gasteiger partial charge < -0.3 is 78.0 Å². The van der Waals surface area contributed by atoms with Gasteiger partial charge in [-0.3, -0.25) is 57.4 Å². The summed E-state index contributed by atoms with van der Waals surface area (Å²) in [5.41, 5.74) is -5.41. The first-order chi connectivity index (χ1) is 54.0. The van der Waals surface area contributed by atoms with Crippen molar-refractivity contribution < 1.29 is 43.3 Å². The van der Waals surface area contributed by atoms with E-state index < -0.39 is 143 Å². The summed E-state index contributed by atoms with van der Waals surface area (Å²) in [6.07, 6.45) is 7.58. The molecule has 15 rings (SSSR count). The maximum Gasteiger partial charge on any atom is 0.330 e. The van der Waals surface area contributed by atoms with Crippen molar-refractivity contribution in [2.24, 2.45) is 0 Å². The fraction of sp³-hybridized carbons (Fsp3) is 0.603. The topological polar surface area (TPSA) is 449 Å². The first kappa shape index (κ1) is 84.1. The van der Waals surface area contributed by atoms with Crippen molar-refractivity contribution in [1.82, 2.24) is 78.1 Å². The number of ether oxygens (including phenoxy) is 4. The summed E-state index contributed by atoms with van der Waals surface area (Å²) < 4.78 is 45.8. The standard InChI is InChI=1S/C27H41N8O5P.C18H24N6O4.C16H18ClN5O4.C12H17N3O4/c1-10-27-16-34(20-11-12-29-25(30-20)32(8)9)21(24(39-27)33-15-19(6)23(36)31-26(33)37)22(27)40-41(38-14-13-28-7)35(17(2)3)18(4)5;1-5-18-9-24(11-6-7-19-16(20-11)22(3)4)12(13(18)25)15(28-18)23-8-10(2)14(26)21-17(23)27;1-3-16-7-22(9-4-5-18-14(17)19-9)10(11(16)23)13(26-16)21-6-8(2)12(24)20-15(21)25;1-3-12-5-13-7(8(12)16)10(19-12)15-4-6(2)9(17)14-11(15)18/h11-12,15,17-18,21-22,24H,10,13-14,16H2,1-6,8-9H3,(H,31,36,37);6-8,12-13,15,25H,5,9H2,1-4H3,(H,21,26,27);4-6,10-11,13,23H,3,7H2,1-2H3,(H,20,24,25);4,7-8,10,13,16H,3,5H2,1-2H3,(H,14,17,18)/t21-,22+,24-,27+,41?;12-,13+,15-,18+;10-,11+,13-,16+;7-,8+,10-,12+/m1111/s1. The van der Waals surface area contributed by atoms with Crippen LogP contribution in [0.3, 0.4) is 0 Å². The minimum atomic E-state index is -1.59. The third-order valence-corrected chi connectivity index (χ3v) is 24.8. The van der Waals surface area contributed by atoms with E-state index in [4.69, 9.17) is 51.2 Å². The molecule has 114 heavy (non-hydrogen) atoms. The Kier molecular flexibility index (Phi) is 24.5. The average molecular weight is 1620 g/mol. The molecule has 7 aromatic heterocycles. The van der Waals surface area contributed by atoms with E-state index >= 15 is 0 Å². The predicted molar refractivity (Wildman–Crippen MR) is 421 cm³/mol. The van der Waals surface area contributed by atoms with E-state index in [9.17, 15) is 53.7 Å². The van der Waals surface area contributed by atoms with Crippen molar-refractivity contribution in [3.05, 3.63) is 184 Å². The van der Waals surface area contributed by atoms with Crippen molar-refractivity contribution in [1.29, 1.82) is 0 Å². The smallest absolute Gasteiger partial charge is 0.330 e. The summed E-state index contributed by atoms with van der Waals surface area (Å²) >= 11 is 5.91. The molecule has 15 heterocycles. The molecule has 8 N–H and O–H groups in total. The number of nitrogens with one attached hydrogen (secondary N) is 5. The Labute approximate surface area is 660 Å². The van der Waals surface area contributed by atoms with Crippen LogP contribution in [0.5, 0.6) is 0 Å². The van der Waals surface area contributed by atoms with Crippen molar-refractivity contribution in [3.8, 4) is 0 Å². The number of halogens is 1. The van der Waals surface area contributed by atoms with Crippen LogP contribution in [0.25, 0.3) is 4.85 Å². The second-order valence-electron chi connectivity index (χ2n) is 30.7. The number of aromatic amines is 4. The van der Waals surface area contributed by atoms with Crippen LogP contribution in [0.1, 0.15) is 128 Å². The molecular weight excluding hydrogens is 1520 g/mol. The molecule has 8 saturated heterocycles. The van der Waals surface area contributed by atoms with E-state index in [1.54, 1.807) is 63.3 Å². The molecule has 1 unspecified atom stereocenters. The van der Waals surface area contributed by atoms with Crippen LogP contribution in [0.4, 0.5) is 29.4 Å². The number of aliphatic hydroxyl groups excluding tert-OH is 3. The molecule has 0 saturated carbocycles. The van der Waals surface area contributed by atoms with Crippen LogP contribution < -0.4 is 74.8 Å². The molecule has 8 aliphatic heterocycles. The lowest BCUT2D eigenvalue weighted by Crippen LogP contribution is -2.49. The number of hydrogen-bond donors (Lipinski definition) is 8. The van der Waals surface area contributed by atoms with Crippen molar-refractivity contribution in [2.75, 3.05) is 92.0 Å². The Morgan fingerprint density at radius 1 is 0.544 bits per heavy atom. The summed E-state index contributed by atoms with van der Waals surface area (Å²) in [6, 6.07) is 3.68. The van der Waals surface area contributed by atoms with Crippen LogP contribution in [-0.4, -0.2) is 239 Å². The molecule has 8 aliphatic rings. The monoisotopic (exact) mass is 1620 g/mol. The van der Waals surface area contributed by atoms with Gasteiger partial charge in [0.15, 0.2) is 24.9 Å². The Morgan fingerprint density at radius 2 is 0.904 bits per heavy atom. The zero-order chi connectivity index (χ0) is 82.7. The van der Waals surface area contributed by atoms with E-state index in [2.05, 4.69) is 92.3 Å². The second kappa shape index (κ2) is 33.1. The summed E-state index contributed by atoms with van der Waals surface area (Å²) in [7, 11) is 5.87. The molecule has 8 bridgehead atoms. The minimum Gasteiger partial charge on any atom is -0.388 e. The molecule has 0 aliphatic carbocycles. The van der Waals surface area contributed by atoms with Crippen LogP contribution in [-0.2, 0) is 28.0 Å². The first-order valence-corrected chi connectivity index (χ1v) is 39.3. The van der Waals surface area contributed by atoms with E-state index in [0.29, 0.717) is 103 Å². The Hall–Kier alpha value is -9.27. The van der Waals surface area contributed by atoms with Gasteiger partial charge in [0.25, 0.3) is 30.8 Å². The van der Waals surface area contributed by atoms with Gasteiger partial charge in [0.1, 0.15) is 89.0 Å². The molecule has 0 spiro atoms. The highest BCUT2D eigenvalue weighted by atomic mass is 35.5. The maximum absolute atomic E-state index is 13.1. The molecule has 41 heteroatoms. The fourth-order valence-electron chi connectivity index (χ4n) is 16.4. The normalized spacial score (nSPS) is 28.9. The lowest BCUT2D eigenvalue weighted by atomic mass is 9.96. The molecule has 39 nitrogen and oxygen atoms in total. The van der Waals surface area contributed by atoms with Crippen molar-refractivity contribution in [3.63, 3.8) is 0 Å². The summed E-state index contributed by atoms with van der Waals surface area (Å²) in [5, 5.41) is 35.5. The SMILES string of the molecule is CC[C@@]12CN(c3ccnc(Cl)n3)[C@@H]([C@H](n3cc(C)c(=O)[nH]c3=O)O1)[C@@H]2O.CC[C@@]12CN(c3ccnc(N(C)C)n3)[C@@H]([C@H](n3cc(C)c(=O)[nH]c3=O)O1)[C@@H]2O.CC[C@@]12CN[C@@H]([C@H](n3cc(C)c(=O)[nH]c3=O)O1)[C@@H]2O.[C-]#[N+]CCOP(O[C@H]1[C@@H]2[C@H](n3cc(C)c(=O)[nH]c3=O)O[C@@]1(CC)CN2c1ccnc(N(C)C)n1)N(C(C)C)C(C)C. The fourth-order valence-corrected chi connectivity index (χ4v) is 18.3. The number of fused-ring (bicyclic) bond motifs is 8. The molecule has 17 atom stereocenters. The number of anilines is 5. The number of aliphatic hydroxyl groups is 3. The van der Waals surface area contributed by atoms with Gasteiger partial charge in [0.05, 0.1) is 25.7 Å². The number of nitrogens with zero attached hydrogens (tertiary/aromatic N) is 17. The largest absolute Gasteiger partial charge is 0.388 e. The Balaban J connectivity index is 0.000000146. The van der Waals surface area contributed by atoms with E-state index in [0.717, 1.165) is 0 Å². The van der Waals surface area contributed by atoms with Gasteiger partial charge in [-0.15, -0.1) is 0 Å². The average Bonchev–Trinajstić information content (AvgIpc) is 1.55. The third-order valence-electron chi connectivity index (χ3n) is 22.5. The van der Waals surface area contributed by atoms with Gasteiger partial charge in [0.2, 0.25) is 23.7 Å². The molecule has 8 fully saturated rings. The highest BCUT2D eigenvalue weighted by Gasteiger charge is 2.68. The number of aryl methyl sites for hydroxylation is 4. The van der Waals surface area contributed by atoms with Crippen LogP contribution in [0, 0.1) is 34.3 Å².